The van der Waals surface area contributed by atoms with Gasteiger partial charge in [0.25, 0.3) is 0 Å². The molecule has 5 aromatic rings. The van der Waals surface area contributed by atoms with Crippen LogP contribution in [0, 0.1) is 24.5 Å². The Bertz CT molecular complexity index is 1640. The van der Waals surface area contributed by atoms with Gasteiger partial charge in [0.05, 0.1) is 32.0 Å². The first-order valence-corrected chi connectivity index (χ1v) is 12.7. The molecule has 1 N–H and O–H groups in total. The summed E-state index contributed by atoms with van der Waals surface area (Å²) in [4.78, 5) is 13.4. The third kappa shape index (κ3) is 5.22. The van der Waals surface area contributed by atoms with E-state index in [1.807, 2.05) is 43.3 Å². The SMILES string of the molecule is COc1cnc(-c2nn(Cc3c(F)cc(OCC4CC4)cc3F)c3ccccc23)nc1Nc1ccnc(C)c1. The molecule has 6 rings (SSSR count). The molecule has 2 aromatic carbocycles. The number of methoxy groups -OCH3 is 1. The van der Waals surface area contributed by atoms with E-state index in [-0.39, 0.29) is 17.9 Å². The van der Waals surface area contributed by atoms with Gasteiger partial charge in [-0.25, -0.2) is 18.7 Å². The molecule has 1 fully saturated rings. The van der Waals surface area contributed by atoms with Crippen molar-refractivity contribution < 1.29 is 18.3 Å². The van der Waals surface area contributed by atoms with Crippen LogP contribution in [-0.2, 0) is 6.54 Å². The highest BCUT2D eigenvalue weighted by Gasteiger charge is 2.23. The van der Waals surface area contributed by atoms with Crippen molar-refractivity contribution in [3.05, 3.63) is 83.8 Å². The lowest BCUT2D eigenvalue weighted by molar-refractivity contribution is 0.296. The van der Waals surface area contributed by atoms with Crippen LogP contribution in [-0.4, -0.2) is 38.4 Å². The molecule has 0 amide bonds. The van der Waals surface area contributed by atoms with Gasteiger partial charge < -0.3 is 14.8 Å². The molecule has 1 aliphatic rings. The Hall–Kier alpha value is -4.60. The van der Waals surface area contributed by atoms with Gasteiger partial charge in [-0.3, -0.25) is 9.67 Å². The third-order valence-corrected chi connectivity index (χ3v) is 6.61. The summed E-state index contributed by atoms with van der Waals surface area (Å²) in [6.07, 6.45) is 5.45. The Morgan fingerprint density at radius 3 is 2.59 bits per heavy atom. The van der Waals surface area contributed by atoms with Crippen molar-refractivity contribution in [1.82, 2.24) is 24.7 Å². The summed E-state index contributed by atoms with van der Waals surface area (Å²) in [6, 6.07) is 13.6. The van der Waals surface area contributed by atoms with Crippen molar-refractivity contribution >= 4 is 22.4 Å². The highest BCUT2D eigenvalue weighted by atomic mass is 19.1. The highest BCUT2D eigenvalue weighted by Crippen LogP contribution is 2.33. The van der Waals surface area contributed by atoms with Crippen LogP contribution in [0.5, 0.6) is 11.5 Å². The number of aryl methyl sites for hydroxylation is 1. The summed E-state index contributed by atoms with van der Waals surface area (Å²) >= 11 is 0. The van der Waals surface area contributed by atoms with Gasteiger partial charge in [0.1, 0.15) is 23.1 Å². The van der Waals surface area contributed by atoms with E-state index in [1.54, 1.807) is 17.1 Å². The molecular weight excluding hydrogens is 502 g/mol. The van der Waals surface area contributed by atoms with E-state index in [0.717, 1.165) is 29.6 Å². The van der Waals surface area contributed by atoms with E-state index < -0.39 is 11.6 Å². The normalized spacial score (nSPS) is 13.0. The molecule has 0 radical (unpaired) electrons. The van der Waals surface area contributed by atoms with Crippen molar-refractivity contribution in [3.8, 4) is 23.0 Å². The summed E-state index contributed by atoms with van der Waals surface area (Å²) in [6.45, 7) is 2.26. The summed E-state index contributed by atoms with van der Waals surface area (Å²) in [5.74, 6) is 0.556. The number of aromatic nitrogens is 5. The lowest BCUT2D eigenvalue weighted by Crippen LogP contribution is -2.08. The first-order valence-electron chi connectivity index (χ1n) is 12.7. The maximum atomic E-state index is 15.0. The van der Waals surface area contributed by atoms with Crippen LogP contribution >= 0.6 is 0 Å². The zero-order chi connectivity index (χ0) is 26.9. The second-order valence-electron chi connectivity index (χ2n) is 9.56. The minimum absolute atomic E-state index is 0.0976. The minimum atomic E-state index is -0.679. The zero-order valence-corrected chi connectivity index (χ0v) is 21.5. The second kappa shape index (κ2) is 10.3. The van der Waals surface area contributed by atoms with Crippen molar-refractivity contribution in [2.75, 3.05) is 19.0 Å². The number of hydrogen-bond donors (Lipinski definition) is 1. The van der Waals surface area contributed by atoms with Crippen LogP contribution < -0.4 is 14.8 Å². The Morgan fingerprint density at radius 1 is 1.05 bits per heavy atom. The lowest BCUT2D eigenvalue weighted by atomic mass is 10.1. The molecule has 0 unspecified atom stereocenters. The number of nitrogens with one attached hydrogen (secondary N) is 1. The lowest BCUT2D eigenvalue weighted by Gasteiger charge is -2.11. The minimum Gasteiger partial charge on any atom is -0.493 e. The molecule has 0 bridgehead atoms. The summed E-state index contributed by atoms with van der Waals surface area (Å²) in [5, 5.41) is 8.69. The smallest absolute Gasteiger partial charge is 0.183 e. The number of pyridine rings is 1. The predicted octanol–water partition coefficient (Wildman–Crippen LogP) is 6.06. The Kier molecular flexibility index (Phi) is 6.52. The topological polar surface area (TPSA) is 87.0 Å². The predicted molar refractivity (Wildman–Crippen MR) is 143 cm³/mol. The molecule has 10 heteroatoms. The molecule has 0 atom stereocenters. The number of fused-ring (bicyclic) bond motifs is 1. The fourth-order valence-corrected chi connectivity index (χ4v) is 4.36. The van der Waals surface area contributed by atoms with Gasteiger partial charge in [0, 0.05) is 40.7 Å². The van der Waals surface area contributed by atoms with Gasteiger partial charge in [0.2, 0.25) is 0 Å². The number of anilines is 2. The van der Waals surface area contributed by atoms with Crippen LogP contribution in [0.3, 0.4) is 0 Å². The first-order chi connectivity index (χ1) is 19.0. The zero-order valence-electron chi connectivity index (χ0n) is 21.5. The molecular formula is C29H26F2N6O2. The standard InChI is InChI=1S/C29H26F2N6O2/c1-17-11-19(9-10-32-17)34-28-26(38-2)14-33-29(35-28)27-21-5-3-4-6-25(21)37(36-27)15-22-23(30)12-20(13-24(22)31)39-16-18-7-8-18/h3-6,9-14,18H,7-8,15-16H2,1-2H3,(H,32,33,34,35). The fourth-order valence-electron chi connectivity index (χ4n) is 4.36. The number of rotatable bonds is 9. The fraction of sp³-hybridized carbons (Fsp3) is 0.241. The third-order valence-electron chi connectivity index (χ3n) is 6.61. The van der Waals surface area contributed by atoms with Gasteiger partial charge in [-0.1, -0.05) is 18.2 Å². The van der Waals surface area contributed by atoms with Gasteiger partial charge in [0.15, 0.2) is 17.4 Å². The van der Waals surface area contributed by atoms with E-state index in [1.165, 1.54) is 19.2 Å². The molecule has 8 nitrogen and oxygen atoms in total. The van der Waals surface area contributed by atoms with Crippen LogP contribution in [0.15, 0.2) is 60.9 Å². The average molecular weight is 529 g/mol. The molecule has 0 aliphatic heterocycles. The van der Waals surface area contributed by atoms with Gasteiger partial charge in [-0.2, -0.15) is 5.10 Å². The second-order valence-corrected chi connectivity index (χ2v) is 9.56. The molecule has 0 saturated heterocycles. The number of halogens is 2. The number of hydrogen-bond acceptors (Lipinski definition) is 7. The number of para-hydroxylation sites is 1. The highest BCUT2D eigenvalue weighted by molar-refractivity contribution is 5.92. The number of benzene rings is 2. The summed E-state index contributed by atoms with van der Waals surface area (Å²) in [5.41, 5.74) is 2.71. The largest absolute Gasteiger partial charge is 0.493 e. The van der Waals surface area contributed by atoms with E-state index >= 15 is 8.78 Å². The summed E-state index contributed by atoms with van der Waals surface area (Å²) < 4.78 is 42.6. The molecule has 39 heavy (non-hydrogen) atoms. The molecule has 198 valence electrons. The van der Waals surface area contributed by atoms with Crippen molar-refractivity contribution in [1.29, 1.82) is 0 Å². The Labute approximate surface area is 223 Å². The Balaban J connectivity index is 1.35. The monoisotopic (exact) mass is 528 g/mol. The van der Waals surface area contributed by atoms with E-state index in [9.17, 15) is 0 Å². The average Bonchev–Trinajstić information content (AvgIpc) is 3.69. The van der Waals surface area contributed by atoms with E-state index in [4.69, 9.17) is 14.6 Å². The van der Waals surface area contributed by atoms with Crippen LogP contribution in [0.25, 0.3) is 22.4 Å². The molecule has 1 aliphatic carbocycles. The maximum Gasteiger partial charge on any atom is 0.183 e. The molecule has 1 saturated carbocycles. The molecule has 3 heterocycles. The maximum absolute atomic E-state index is 15.0. The van der Waals surface area contributed by atoms with E-state index in [2.05, 4.69) is 20.3 Å². The number of ether oxygens (including phenoxy) is 2. The van der Waals surface area contributed by atoms with Crippen LogP contribution in [0.2, 0.25) is 0 Å². The van der Waals surface area contributed by atoms with Gasteiger partial charge >= 0.3 is 0 Å². The quantitative estimate of drug-likeness (QED) is 0.249. The Morgan fingerprint density at radius 2 is 1.85 bits per heavy atom. The van der Waals surface area contributed by atoms with E-state index in [0.29, 0.717) is 41.1 Å². The number of nitrogens with zero attached hydrogens (tertiary/aromatic N) is 5. The van der Waals surface area contributed by atoms with Crippen molar-refractivity contribution in [3.63, 3.8) is 0 Å². The van der Waals surface area contributed by atoms with Crippen molar-refractivity contribution in [2.45, 2.75) is 26.3 Å². The van der Waals surface area contributed by atoms with Gasteiger partial charge in [-0.05, 0) is 43.9 Å². The summed E-state index contributed by atoms with van der Waals surface area (Å²) in [7, 11) is 1.54. The first kappa shape index (κ1) is 24.7. The van der Waals surface area contributed by atoms with Crippen LogP contribution in [0.1, 0.15) is 24.1 Å². The molecule has 0 spiro atoms. The van der Waals surface area contributed by atoms with Crippen LogP contribution in [0.4, 0.5) is 20.3 Å². The van der Waals surface area contributed by atoms with Crippen molar-refractivity contribution in [2.24, 2.45) is 5.92 Å². The van der Waals surface area contributed by atoms with Gasteiger partial charge in [-0.15, -0.1) is 0 Å². The molecule has 3 aromatic heterocycles.